The van der Waals surface area contributed by atoms with Crippen molar-refractivity contribution in [3.63, 3.8) is 0 Å². The van der Waals surface area contributed by atoms with Crippen LogP contribution in [0.25, 0.3) is 0 Å². The number of carbonyl (C=O) groups is 1. The molecule has 0 spiro atoms. The zero-order valence-corrected chi connectivity index (χ0v) is 24.8. The Labute approximate surface area is 227 Å². The Bertz CT molecular complexity index is 970. The lowest BCUT2D eigenvalue weighted by Crippen LogP contribution is -2.36. The molecular formula is C35H54O2. The summed E-state index contributed by atoms with van der Waals surface area (Å²) in [6, 6.07) is 2.61. The molecule has 0 amide bonds. The summed E-state index contributed by atoms with van der Waals surface area (Å²) >= 11 is 0. The third kappa shape index (κ3) is 5.29. The van der Waals surface area contributed by atoms with Crippen LogP contribution in [0.2, 0.25) is 0 Å². The van der Waals surface area contributed by atoms with Crippen LogP contribution >= 0.6 is 0 Å². The quantitative estimate of drug-likeness (QED) is 0.345. The highest BCUT2D eigenvalue weighted by molar-refractivity contribution is 5.72. The van der Waals surface area contributed by atoms with Crippen molar-refractivity contribution in [1.29, 1.82) is 0 Å². The maximum atomic E-state index is 12.9. The molecule has 4 aliphatic rings. The average molecular weight is 507 g/mol. The Morgan fingerprint density at radius 2 is 1.73 bits per heavy atom. The smallest absolute Gasteiger partial charge is 0.309 e. The van der Waals surface area contributed by atoms with Gasteiger partial charge in [0.2, 0.25) is 0 Å². The lowest BCUT2D eigenvalue weighted by molar-refractivity contribution is -0.155. The maximum absolute atomic E-state index is 12.9. The third-order valence-corrected chi connectivity index (χ3v) is 12.0. The summed E-state index contributed by atoms with van der Waals surface area (Å²) < 4.78 is 6.15. The molecule has 0 N–H and O–H groups in total. The van der Waals surface area contributed by atoms with Crippen molar-refractivity contribution in [1.82, 2.24) is 0 Å². The number of benzene rings is 1. The summed E-state index contributed by atoms with van der Waals surface area (Å²) in [6.45, 7) is 14.8. The van der Waals surface area contributed by atoms with E-state index in [0.717, 1.165) is 55.8 Å². The SMILES string of the molecule is Cc1c2c(cc3c1CCC1(C)C3CCC1C(C)CCC(C)C(C)C)CC(OC(=O)C1CCCCC1)CC2. The van der Waals surface area contributed by atoms with E-state index in [-0.39, 0.29) is 18.0 Å². The molecule has 5 rings (SSSR count). The Kier molecular flexibility index (Phi) is 8.14. The van der Waals surface area contributed by atoms with Crippen molar-refractivity contribution in [3.8, 4) is 0 Å². The van der Waals surface area contributed by atoms with Gasteiger partial charge < -0.3 is 4.74 Å². The van der Waals surface area contributed by atoms with Gasteiger partial charge in [0, 0.05) is 6.42 Å². The fraction of sp³-hybridized carbons (Fsp3) is 0.800. The molecule has 1 aromatic rings. The molecule has 0 aliphatic heterocycles. The van der Waals surface area contributed by atoms with E-state index < -0.39 is 0 Å². The molecule has 0 heterocycles. The summed E-state index contributed by atoms with van der Waals surface area (Å²) in [5.74, 6) is 4.25. The summed E-state index contributed by atoms with van der Waals surface area (Å²) in [4.78, 5) is 12.9. The highest BCUT2D eigenvalue weighted by Crippen LogP contribution is 2.61. The Hall–Kier alpha value is -1.31. The molecule has 206 valence electrons. The van der Waals surface area contributed by atoms with E-state index >= 15 is 0 Å². The zero-order valence-electron chi connectivity index (χ0n) is 24.8. The summed E-state index contributed by atoms with van der Waals surface area (Å²) in [5.41, 5.74) is 8.45. The fourth-order valence-corrected chi connectivity index (χ4v) is 9.05. The number of esters is 1. The van der Waals surface area contributed by atoms with Gasteiger partial charge in [0.1, 0.15) is 6.10 Å². The number of rotatable bonds is 7. The van der Waals surface area contributed by atoms with Crippen LogP contribution in [-0.4, -0.2) is 12.1 Å². The van der Waals surface area contributed by atoms with Crippen LogP contribution in [0, 0.1) is 41.9 Å². The summed E-state index contributed by atoms with van der Waals surface area (Å²) in [5, 5.41) is 0. The van der Waals surface area contributed by atoms with Crippen LogP contribution in [0.4, 0.5) is 0 Å². The average Bonchev–Trinajstić information content (AvgIpc) is 3.25. The molecule has 6 unspecified atom stereocenters. The standard InChI is InChI=1S/C35H54O2/c1-22(2)23(3)12-13-24(4)32-16-17-33-31-21-27-20-28(37-34(36)26-10-8-7-9-11-26)14-15-29(27)25(5)30(31)18-19-35(32,33)6/h21-24,26,28,32-33H,7-20H2,1-6H3. The monoisotopic (exact) mass is 506 g/mol. The molecule has 4 aliphatic carbocycles. The van der Waals surface area contributed by atoms with E-state index in [1.807, 2.05) is 0 Å². The van der Waals surface area contributed by atoms with Crippen LogP contribution in [-0.2, 0) is 28.8 Å². The van der Waals surface area contributed by atoms with Crippen molar-refractivity contribution in [3.05, 3.63) is 33.9 Å². The highest BCUT2D eigenvalue weighted by Gasteiger charge is 2.51. The number of hydrogen-bond donors (Lipinski definition) is 0. The molecule has 6 atom stereocenters. The lowest BCUT2D eigenvalue weighted by Gasteiger charge is -2.45. The molecule has 37 heavy (non-hydrogen) atoms. The van der Waals surface area contributed by atoms with Gasteiger partial charge in [0.05, 0.1) is 5.92 Å². The second-order valence-corrected chi connectivity index (χ2v) is 14.4. The summed E-state index contributed by atoms with van der Waals surface area (Å²) in [6.07, 6.45) is 16.9. The van der Waals surface area contributed by atoms with Crippen LogP contribution in [0.3, 0.4) is 0 Å². The first-order chi connectivity index (χ1) is 17.7. The Balaban J connectivity index is 1.31. The van der Waals surface area contributed by atoms with Gasteiger partial charge in [-0.25, -0.2) is 0 Å². The molecule has 2 saturated carbocycles. The Morgan fingerprint density at radius 1 is 0.973 bits per heavy atom. The number of carbonyl (C=O) groups excluding carboxylic acids is 1. The lowest BCUT2D eigenvalue weighted by atomic mass is 9.59. The molecule has 0 aromatic heterocycles. The predicted octanol–water partition coefficient (Wildman–Crippen LogP) is 9.13. The van der Waals surface area contributed by atoms with E-state index in [4.69, 9.17) is 4.74 Å². The maximum Gasteiger partial charge on any atom is 0.309 e. The molecule has 0 saturated heterocycles. The third-order valence-electron chi connectivity index (χ3n) is 12.0. The van der Waals surface area contributed by atoms with Gasteiger partial charge in [-0.2, -0.15) is 0 Å². The molecule has 1 aromatic carbocycles. The van der Waals surface area contributed by atoms with E-state index in [9.17, 15) is 4.79 Å². The molecule has 0 radical (unpaired) electrons. The molecule has 2 fully saturated rings. The minimum Gasteiger partial charge on any atom is -0.462 e. The largest absolute Gasteiger partial charge is 0.462 e. The zero-order chi connectivity index (χ0) is 26.3. The van der Waals surface area contributed by atoms with Crippen molar-refractivity contribution in [2.75, 3.05) is 0 Å². The highest BCUT2D eigenvalue weighted by atomic mass is 16.5. The first kappa shape index (κ1) is 27.3. The van der Waals surface area contributed by atoms with Gasteiger partial charge in [-0.1, -0.05) is 72.8 Å². The minimum absolute atomic E-state index is 0.0775. The first-order valence-electron chi connectivity index (χ1n) is 16.0. The topological polar surface area (TPSA) is 26.3 Å². The van der Waals surface area contributed by atoms with Crippen molar-refractivity contribution in [2.45, 2.75) is 143 Å². The fourth-order valence-electron chi connectivity index (χ4n) is 9.05. The van der Waals surface area contributed by atoms with Crippen molar-refractivity contribution in [2.24, 2.45) is 35.0 Å². The second kappa shape index (κ2) is 11.1. The normalized spacial score (nSPS) is 31.4. The molecular weight excluding hydrogens is 452 g/mol. The number of ether oxygens (including phenoxy) is 1. The van der Waals surface area contributed by atoms with E-state index in [1.54, 1.807) is 22.3 Å². The van der Waals surface area contributed by atoms with Gasteiger partial charge in [-0.15, -0.1) is 0 Å². The van der Waals surface area contributed by atoms with Gasteiger partial charge in [-0.3, -0.25) is 4.79 Å². The summed E-state index contributed by atoms with van der Waals surface area (Å²) in [7, 11) is 0. The van der Waals surface area contributed by atoms with Crippen molar-refractivity contribution < 1.29 is 9.53 Å². The van der Waals surface area contributed by atoms with E-state index in [0.29, 0.717) is 11.3 Å². The predicted molar refractivity (Wildman–Crippen MR) is 154 cm³/mol. The Morgan fingerprint density at radius 3 is 2.46 bits per heavy atom. The van der Waals surface area contributed by atoms with Gasteiger partial charge in [-0.05, 0) is 121 Å². The van der Waals surface area contributed by atoms with Crippen LogP contribution in [0.15, 0.2) is 6.07 Å². The number of fused-ring (bicyclic) bond motifs is 4. The number of hydrogen-bond acceptors (Lipinski definition) is 2. The molecule has 2 heteroatoms. The first-order valence-corrected chi connectivity index (χ1v) is 16.0. The molecule has 2 nitrogen and oxygen atoms in total. The minimum atomic E-state index is 0.0775. The van der Waals surface area contributed by atoms with Gasteiger partial charge >= 0.3 is 5.97 Å². The van der Waals surface area contributed by atoms with Gasteiger partial charge in [0.25, 0.3) is 0 Å². The van der Waals surface area contributed by atoms with E-state index in [2.05, 4.69) is 47.6 Å². The van der Waals surface area contributed by atoms with Crippen LogP contribution in [0.1, 0.15) is 139 Å². The molecule has 0 bridgehead atoms. The van der Waals surface area contributed by atoms with Crippen molar-refractivity contribution >= 4 is 5.97 Å². The van der Waals surface area contributed by atoms with Crippen LogP contribution < -0.4 is 0 Å². The van der Waals surface area contributed by atoms with Crippen LogP contribution in [0.5, 0.6) is 0 Å². The van der Waals surface area contributed by atoms with Gasteiger partial charge in [0.15, 0.2) is 0 Å². The second-order valence-electron chi connectivity index (χ2n) is 14.4. The van der Waals surface area contributed by atoms with E-state index in [1.165, 1.54) is 63.4 Å².